The van der Waals surface area contributed by atoms with Crippen LogP contribution in [0.3, 0.4) is 0 Å². The fourth-order valence-corrected chi connectivity index (χ4v) is 4.83. The van der Waals surface area contributed by atoms with E-state index in [0.717, 1.165) is 20.6 Å². The van der Waals surface area contributed by atoms with Crippen molar-refractivity contribution in [3.8, 4) is 0 Å². The molecule has 0 spiro atoms. The average molecular weight is 519 g/mol. The predicted octanol–water partition coefficient (Wildman–Crippen LogP) is 3.97. The van der Waals surface area contributed by atoms with Gasteiger partial charge in [0.05, 0.1) is 17.4 Å². The Balaban J connectivity index is 1.47. The van der Waals surface area contributed by atoms with E-state index < -0.39 is 11.2 Å². The number of rotatable bonds is 10. The lowest BCUT2D eigenvalue weighted by Gasteiger charge is -2.15. The highest BCUT2D eigenvalue weighted by Crippen LogP contribution is 2.18. The van der Waals surface area contributed by atoms with E-state index >= 15 is 0 Å². The number of amides is 2. The zero-order chi connectivity index (χ0) is 26.4. The molecule has 0 bridgehead atoms. The zero-order valence-corrected chi connectivity index (χ0v) is 21.8. The van der Waals surface area contributed by atoms with Gasteiger partial charge >= 0.3 is 5.69 Å². The quantitative estimate of drug-likeness (QED) is 0.310. The van der Waals surface area contributed by atoms with Gasteiger partial charge in [-0.15, -0.1) is 11.3 Å². The highest BCUT2D eigenvalue weighted by Gasteiger charge is 2.16. The number of unbranched alkanes of at least 4 members (excludes halogenated alkanes) is 1. The molecule has 0 radical (unpaired) electrons. The van der Waals surface area contributed by atoms with E-state index in [-0.39, 0.29) is 24.9 Å². The molecular formula is C28H30N4O4S. The van der Waals surface area contributed by atoms with Crippen LogP contribution in [-0.4, -0.2) is 20.9 Å². The second kappa shape index (κ2) is 11.8. The maximum atomic E-state index is 13.3. The minimum absolute atomic E-state index is 0.0696. The van der Waals surface area contributed by atoms with Gasteiger partial charge in [-0.3, -0.25) is 23.5 Å². The van der Waals surface area contributed by atoms with Gasteiger partial charge in [0.25, 0.3) is 5.56 Å². The van der Waals surface area contributed by atoms with E-state index in [1.54, 1.807) is 35.6 Å². The van der Waals surface area contributed by atoms with Gasteiger partial charge in [-0.2, -0.15) is 0 Å². The van der Waals surface area contributed by atoms with E-state index in [1.807, 2.05) is 49.6 Å². The van der Waals surface area contributed by atoms with Crippen LogP contribution in [0.15, 0.2) is 69.6 Å². The van der Waals surface area contributed by atoms with Gasteiger partial charge in [0, 0.05) is 23.5 Å². The minimum Gasteiger partial charge on any atom is -0.351 e. The van der Waals surface area contributed by atoms with E-state index in [0.29, 0.717) is 42.4 Å². The number of hydrogen-bond acceptors (Lipinski definition) is 5. The lowest BCUT2D eigenvalue weighted by Crippen LogP contribution is -2.41. The smallest absolute Gasteiger partial charge is 0.331 e. The summed E-state index contributed by atoms with van der Waals surface area (Å²) in [4.78, 5) is 52.6. The Morgan fingerprint density at radius 2 is 1.70 bits per heavy atom. The summed E-state index contributed by atoms with van der Waals surface area (Å²) in [5.41, 5.74) is 2.17. The number of hydrogen-bond donors (Lipinski definition) is 2. The molecule has 0 fully saturated rings. The summed E-state index contributed by atoms with van der Waals surface area (Å²) in [5, 5.41) is 8.10. The second-order valence-electron chi connectivity index (χ2n) is 8.95. The first-order valence-corrected chi connectivity index (χ1v) is 13.1. The number of carbonyl (C=O) groups excluding carboxylic acids is 2. The van der Waals surface area contributed by atoms with Gasteiger partial charge in [0.1, 0.15) is 6.54 Å². The van der Waals surface area contributed by atoms with Gasteiger partial charge in [-0.1, -0.05) is 30.3 Å². The zero-order valence-electron chi connectivity index (χ0n) is 21.0. The minimum atomic E-state index is -0.540. The van der Waals surface area contributed by atoms with Gasteiger partial charge in [0.15, 0.2) is 0 Å². The molecule has 0 saturated heterocycles. The molecule has 0 aliphatic heterocycles. The van der Waals surface area contributed by atoms with Crippen molar-refractivity contribution in [3.63, 3.8) is 0 Å². The Hall–Kier alpha value is -3.98. The molecule has 4 aromatic rings. The van der Waals surface area contributed by atoms with Crippen molar-refractivity contribution in [1.29, 1.82) is 0 Å². The fourth-order valence-electron chi connectivity index (χ4n) is 4.18. The third kappa shape index (κ3) is 6.24. The third-order valence-corrected chi connectivity index (χ3v) is 7.26. The first-order valence-electron chi connectivity index (χ1n) is 12.2. The normalized spacial score (nSPS) is 11.0. The maximum Gasteiger partial charge on any atom is 0.331 e. The Bertz CT molecular complexity index is 1540. The summed E-state index contributed by atoms with van der Waals surface area (Å²) in [6.45, 7) is 4.33. The number of nitrogens with one attached hydrogen (secondary N) is 2. The topological polar surface area (TPSA) is 102 Å². The molecule has 2 aromatic heterocycles. The molecule has 0 aliphatic carbocycles. The monoisotopic (exact) mass is 518 g/mol. The van der Waals surface area contributed by atoms with Crippen LogP contribution in [0.5, 0.6) is 0 Å². The highest BCUT2D eigenvalue weighted by atomic mass is 32.1. The number of carbonyl (C=O) groups is 2. The fraction of sp³-hybridized carbons (Fsp3) is 0.286. The first kappa shape index (κ1) is 26.1. The van der Waals surface area contributed by atoms with Crippen LogP contribution in [0.25, 0.3) is 10.9 Å². The number of nitrogens with zero attached hydrogens (tertiary/aromatic N) is 2. The van der Waals surface area contributed by atoms with E-state index in [9.17, 15) is 19.2 Å². The molecular weight excluding hydrogens is 488 g/mol. The molecule has 37 heavy (non-hydrogen) atoms. The Morgan fingerprint density at radius 1 is 0.892 bits per heavy atom. The predicted molar refractivity (Wildman–Crippen MR) is 147 cm³/mol. The SMILES string of the molecule is Cc1cccc(NC(=O)Cn2c(=O)n(CCCCC(=O)NCc3cccs3)c(=O)c3ccccc32)c1C. The van der Waals surface area contributed by atoms with Crippen molar-refractivity contribution in [2.45, 2.75) is 52.7 Å². The van der Waals surface area contributed by atoms with Crippen LogP contribution in [0.4, 0.5) is 5.69 Å². The van der Waals surface area contributed by atoms with Crippen LogP contribution in [0, 0.1) is 13.8 Å². The number of thiophene rings is 1. The highest BCUT2D eigenvalue weighted by molar-refractivity contribution is 7.09. The first-order chi connectivity index (χ1) is 17.8. The van der Waals surface area contributed by atoms with Crippen LogP contribution < -0.4 is 21.9 Å². The third-order valence-electron chi connectivity index (χ3n) is 6.39. The van der Waals surface area contributed by atoms with Crippen molar-refractivity contribution in [3.05, 3.63) is 96.8 Å². The number of benzene rings is 2. The van der Waals surface area contributed by atoms with Crippen molar-refractivity contribution in [2.24, 2.45) is 0 Å². The molecule has 8 nitrogen and oxygen atoms in total. The maximum absolute atomic E-state index is 13.3. The Kier molecular flexibility index (Phi) is 8.35. The molecule has 2 N–H and O–H groups in total. The van der Waals surface area contributed by atoms with Crippen LogP contribution in [0.2, 0.25) is 0 Å². The molecule has 4 rings (SSSR count). The molecule has 9 heteroatoms. The van der Waals surface area contributed by atoms with Crippen LogP contribution in [0.1, 0.15) is 35.3 Å². The second-order valence-corrected chi connectivity index (χ2v) is 9.98. The molecule has 0 atom stereocenters. The number of para-hydroxylation sites is 1. The van der Waals surface area contributed by atoms with E-state index in [1.165, 1.54) is 4.57 Å². The van der Waals surface area contributed by atoms with Crippen molar-refractivity contribution in [2.75, 3.05) is 5.32 Å². The van der Waals surface area contributed by atoms with Gasteiger partial charge in [-0.05, 0) is 67.5 Å². The summed E-state index contributed by atoms with van der Waals surface area (Å²) >= 11 is 1.58. The molecule has 2 aromatic carbocycles. The standard InChI is InChI=1S/C28H30N4O4S/c1-19-9-7-12-23(20(19)2)30-26(34)18-32-24-13-4-3-11-22(24)27(35)31(28(32)36)15-6-5-14-25(33)29-17-21-10-8-16-37-21/h3-4,7-13,16H,5-6,14-15,17-18H2,1-2H3,(H,29,33)(H,30,34). The summed E-state index contributed by atoms with van der Waals surface area (Å²) in [7, 11) is 0. The van der Waals surface area contributed by atoms with E-state index in [2.05, 4.69) is 10.6 Å². The number of aryl methyl sites for hydroxylation is 1. The summed E-state index contributed by atoms with van der Waals surface area (Å²) < 4.78 is 2.50. The van der Waals surface area contributed by atoms with Gasteiger partial charge in [-0.25, -0.2) is 4.79 Å². The lowest BCUT2D eigenvalue weighted by molar-refractivity contribution is -0.121. The number of aromatic nitrogens is 2. The molecule has 2 heterocycles. The number of fused-ring (bicyclic) bond motifs is 1. The Morgan fingerprint density at radius 3 is 2.49 bits per heavy atom. The molecule has 192 valence electrons. The largest absolute Gasteiger partial charge is 0.351 e. The number of anilines is 1. The van der Waals surface area contributed by atoms with Crippen LogP contribution in [-0.2, 0) is 29.2 Å². The summed E-state index contributed by atoms with van der Waals surface area (Å²) in [6, 6.07) is 16.3. The molecule has 0 aliphatic rings. The van der Waals surface area contributed by atoms with Crippen molar-refractivity contribution < 1.29 is 9.59 Å². The van der Waals surface area contributed by atoms with Crippen LogP contribution >= 0.6 is 11.3 Å². The van der Waals surface area contributed by atoms with E-state index in [4.69, 9.17) is 0 Å². The van der Waals surface area contributed by atoms with Crippen molar-refractivity contribution in [1.82, 2.24) is 14.5 Å². The summed E-state index contributed by atoms with van der Waals surface area (Å²) in [6.07, 6.45) is 1.32. The average Bonchev–Trinajstić information content (AvgIpc) is 3.41. The summed E-state index contributed by atoms with van der Waals surface area (Å²) in [5.74, 6) is -0.423. The molecule has 0 saturated carbocycles. The Labute approximate surface area is 218 Å². The van der Waals surface area contributed by atoms with Gasteiger partial charge in [0.2, 0.25) is 11.8 Å². The van der Waals surface area contributed by atoms with Gasteiger partial charge < -0.3 is 10.6 Å². The molecule has 2 amide bonds. The molecule has 0 unspecified atom stereocenters. The lowest BCUT2D eigenvalue weighted by atomic mass is 10.1. The van der Waals surface area contributed by atoms with Crippen molar-refractivity contribution >= 4 is 39.7 Å².